The van der Waals surface area contributed by atoms with E-state index in [-0.39, 0.29) is 22.7 Å². The number of aliphatic hydroxyl groups is 1. The second kappa shape index (κ2) is 10.4. The van der Waals surface area contributed by atoms with Gasteiger partial charge in [0.25, 0.3) is 5.78 Å². The molecule has 1 aliphatic heterocycles. The van der Waals surface area contributed by atoms with E-state index in [4.69, 9.17) is 4.74 Å². The van der Waals surface area contributed by atoms with E-state index in [1.165, 1.54) is 23.1 Å². The number of nitrogens with zero attached hydrogens (tertiary/aromatic N) is 3. The quantitative estimate of drug-likeness (QED) is 0.169. The smallest absolute Gasteiger partial charge is 0.302 e. The molecule has 1 aliphatic rings. The first kappa shape index (κ1) is 27.9. The van der Waals surface area contributed by atoms with E-state index in [1.807, 2.05) is 71.0 Å². The van der Waals surface area contributed by atoms with Gasteiger partial charge in [-0.15, -0.1) is 0 Å². The third-order valence-corrected chi connectivity index (χ3v) is 7.19. The molecule has 41 heavy (non-hydrogen) atoms. The number of ketones is 1. The lowest BCUT2D eigenvalue weighted by Crippen LogP contribution is -2.30. The number of carbonyl (C=O) groups excluding carboxylic acids is 2. The van der Waals surface area contributed by atoms with Crippen molar-refractivity contribution in [1.29, 1.82) is 0 Å². The van der Waals surface area contributed by atoms with Gasteiger partial charge in [0.1, 0.15) is 17.3 Å². The zero-order valence-electron chi connectivity index (χ0n) is 23.9. The van der Waals surface area contributed by atoms with Crippen LogP contribution < -0.4 is 14.5 Å². The summed E-state index contributed by atoms with van der Waals surface area (Å²) in [6, 6.07) is 15.7. The number of Topliss-reactive ketones (excluding diaryl/α,β-unsaturated/α-hetero) is 1. The monoisotopic (exact) mass is 556 g/mol. The summed E-state index contributed by atoms with van der Waals surface area (Å²) in [6.07, 6.45) is 0. The molecule has 9 heteroatoms. The molecule has 0 bridgehead atoms. The Balaban J connectivity index is 1.72. The van der Waals surface area contributed by atoms with Gasteiger partial charge < -0.3 is 19.7 Å². The maximum Gasteiger partial charge on any atom is 0.302 e. The standard InChI is InChI=1S/C32H33FN4O4/c1-7-41-25-15-10-19(16-22(25)32(2,3)4)28(38)26-27(18-8-12-21(13-9-18)36(5)6)37(30(40)29(26)39)31-34-23-14-11-20(33)17-24(23)35-31/h8-17,27,38H,7H2,1-6H3,(H,34,35)/b28-26+. The number of aromatic amines is 1. The van der Waals surface area contributed by atoms with Crippen LogP contribution in [0.1, 0.15) is 50.4 Å². The van der Waals surface area contributed by atoms with Crippen molar-refractivity contribution in [2.24, 2.45) is 0 Å². The zero-order chi connectivity index (χ0) is 29.6. The second-order valence-electron chi connectivity index (χ2n) is 11.3. The summed E-state index contributed by atoms with van der Waals surface area (Å²) in [6.45, 7) is 8.47. The Morgan fingerprint density at radius 1 is 1.07 bits per heavy atom. The number of anilines is 2. The Morgan fingerprint density at radius 3 is 2.41 bits per heavy atom. The molecule has 2 heterocycles. The largest absolute Gasteiger partial charge is 0.507 e. The number of H-pyrrole nitrogens is 1. The highest BCUT2D eigenvalue weighted by Gasteiger charge is 2.48. The molecule has 1 saturated heterocycles. The molecule has 1 amide bonds. The maximum atomic E-state index is 13.9. The predicted molar refractivity (Wildman–Crippen MR) is 158 cm³/mol. The van der Waals surface area contributed by atoms with Crippen molar-refractivity contribution in [3.63, 3.8) is 0 Å². The van der Waals surface area contributed by atoms with Crippen LogP contribution in [0.3, 0.4) is 0 Å². The Hall–Kier alpha value is -4.66. The molecule has 0 aliphatic carbocycles. The lowest BCUT2D eigenvalue weighted by molar-refractivity contribution is -0.132. The minimum absolute atomic E-state index is 0.0664. The van der Waals surface area contributed by atoms with Gasteiger partial charge in [-0.05, 0) is 66.4 Å². The summed E-state index contributed by atoms with van der Waals surface area (Å²) >= 11 is 0. The van der Waals surface area contributed by atoms with E-state index in [0.717, 1.165) is 11.3 Å². The van der Waals surface area contributed by atoms with Crippen molar-refractivity contribution in [2.75, 3.05) is 30.5 Å². The van der Waals surface area contributed by atoms with Crippen LogP contribution in [-0.4, -0.2) is 47.5 Å². The normalized spacial score (nSPS) is 17.0. The molecule has 8 nitrogen and oxygen atoms in total. The number of halogens is 1. The molecule has 2 N–H and O–H groups in total. The van der Waals surface area contributed by atoms with Gasteiger partial charge in [-0.3, -0.25) is 14.5 Å². The summed E-state index contributed by atoms with van der Waals surface area (Å²) < 4.78 is 19.7. The number of aliphatic hydroxyl groups excluding tert-OH is 1. The lowest BCUT2D eigenvalue weighted by atomic mass is 9.84. The number of hydrogen-bond acceptors (Lipinski definition) is 6. The van der Waals surface area contributed by atoms with E-state index in [2.05, 4.69) is 9.97 Å². The number of aromatic nitrogens is 2. The average molecular weight is 557 g/mol. The predicted octanol–water partition coefficient (Wildman–Crippen LogP) is 6.09. The molecule has 1 fully saturated rings. The van der Waals surface area contributed by atoms with Crippen LogP contribution in [-0.2, 0) is 15.0 Å². The molecule has 3 aromatic carbocycles. The topological polar surface area (TPSA) is 98.8 Å². The average Bonchev–Trinajstić information content (AvgIpc) is 3.45. The number of nitrogens with one attached hydrogen (secondary N) is 1. The van der Waals surface area contributed by atoms with Crippen LogP contribution in [0.4, 0.5) is 16.0 Å². The number of amides is 1. The summed E-state index contributed by atoms with van der Waals surface area (Å²) in [5.74, 6) is -1.70. The van der Waals surface area contributed by atoms with Gasteiger partial charge in [-0.2, -0.15) is 0 Å². The van der Waals surface area contributed by atoms with Crippen molar-refractivity contribution in [3.05, 3.63) is 88.7 Å². The first-order chi connectivity index (χ1) is 19.4. The fraction of sp³-hybridized carbons (Fsp3) is 0.281. The number of fused-ring (bicyclic) bond motifs is 1. The van der Waals surface area contributed by atoms with Gasteiger partial charge in [-0.25, -0.2) is 9.37 Å². The highest BCUT2D eigenvalue weighted by Crippen LogP contribution is 2.43. The van der Waals surface area contributed by atoms with Gasteiger partial charge in [0, 0.05) is 30.9 Å². The molecule has 0 spiro atoms. The van der Waals surface area contributed by atoms with Crippen LogP contribution in [0.15, 0.2) is 66.2 Å². The van der Waals surface area contributed by atoms with Crippen molar-refractivity contribution in [1.82, 2.24) is 9.97 Å². The Kier molecular flexibility index (Phi) is 7.07. The number of benzene rings is 3. The minimum atomic E-state index is -0.985. The van der Waals surface area contributed by atoms with Crippen LogP contribution in [0.25, 0.3) is 16.8 Å². The number of rotatable bonds is 6. The minimum Gasteiger partial charge on any atom is -0.507 e. The van der Waals surface area contributed by atoms with Gasteiger partial charge >= 0.3 is 5.91 Å². The van der Waals surface area contributed by atoms with Crippen molar-refractivity contribution in [2.45, 2.75) is 39.2 Å². The molecule has 212 valence electrons. The third kappa shape index (κ3) is 5.03. The Labute approximate surface area is 238 Å². The van der Waals surface area contributed by atoms with E-state index in [1.54, 1.807) is 18.2 Å². The summed E-state index contributed by atoms with van der Waals surface area (Å²) in [5, 5.41) is 11.7. The molecule has 1 aromatic heterocycles. The molecule has 5 rings (SSSR count). The molecule has 1 atom stereocenters. The van der Waals surface area contributed by atoms with Crippen LogP contribution in [0, 0.1) is 5.82 Å². The highest BCUT2D eigenvalue weighted by molar-refractivity contribution is 6.51. The van der Waals surface area contributed by atoms with Crippen LogP contribution in [0.5, 0.6) is 5.75 Å². The number of imidazole rings is 1. The first-order valence-corrected chi connectivity index (χ1v) is 13.4. The van der Waals surface area contributed by atoms with Crippen molar-refractivity contribution >= 4 is 40.1 Å². The molecular weight excluding hydrogens is 523 g/mol. The summed E-state index contributed by atoms with van der Waals surface area (Å²) in [4.78, 5) is 37.9. The fourth-order valence-corrected chi connectivity index (χ4v) is 5.10. The zero-order valence-corrected chi connectivity index (χ0v) is 23.9. The van der Waals surface area contributed by atoms with E-state index < -0.39 is 23.5 Å². The van der Waals surface area contributed by atoms with E-state index >= 15 is 0 Å². The molecule has 1 unspecified atom stereocenters. The molecule has 0 radical (unpaired) electrons. The van der Waals surface area contributed by atoms with E-state index in [0.29, 0.717) is 34.5 Å². The van der Waals surface area contributed by atoms with Crippen LogP contribution in [0.2, 0.25) is 0 Å². The van der Waals surface area contributed by atoms with Gasteiger partial charge in [0.05, 0.1) is 29.3 Å². The fourth-order valence-electron chi connectivity index (χ4n) is 5.10. The highest BCUT2D eigenvalue weighted by atomic mass is 19.1. The maximum absolute atomic E-state index is 13.9. The molecular formula is C32H33FN4O4. The second-order valence-corrected chi connectivity index (χ2v) is 11.3. The number of carbonyl (C=O) groups is 2. The summed E-state index contributed by atoms with van der Waals surface area (Å²) in [7, 11) is 3.82. The summed E-state index contributed by atoms with van der Waals surface area (Å²) in [5.41, 5.74) is 3.19. The number of ether oxygens (including phenoxy) is 1. The van der Waals surface area contributed by atoms with Gasteiger partial charge in [-0.1, -0.05) is 32.9 Å². The van der Waals surface area contributed by atoms with Crippen molar-refractivity contribution in [3.8, 4) is 5.75 Å². The van der Waals surface area contributed by atoms with Gasteiger partial charge in [0.2, 0.25) is 5.95 Å². The van der Waals surface area contributed by atoms with Crippen molar-refractivity contribution < 1.29 is 23.8 Å². The molecule has 4 aromatic rings. The van der Waals surface area contributed by atoms with Crippen LogP contribution >= 0.6 is 0 Å². The third-order valence-electron chi connectivity index (χ3n) is 7.19. The number of hydrogen-bond donors (Lipinski definition) is 2. The van der Waals surface area contributed by atoms with Gasteiger partial charge in [0.15, 0.2) is 0 Å². The molecule has 0 saturated carbocycles. The van der Waals surface area contributed by atoms with E-state index in [9.17, 15) is 19.1 Å². The Bertz CT molecular complexity index is 1680. The Morgan fingerprint density at radius 2 is 1.78 bits per heavy atom. The SMILES string of the molecule is CCOc1ccc(/C(O)=C2\C(=O)C(=O)N(c3nc4ccc(F)cc4[nH]3)C2c2ccc(N(C)C)cc2)cc1C(C)(C)C. The lowest BCUT2D eigenvalue weighted by Gasteiger charge is -2.25. The first-order valence-electron chi connectivity index (χ1n) is 13.4.